The lowest BCUT2D eigenvalue weighted by molar-refractivity contribution is -0.196. The van der Waals surface area contributed by atoms with Crippen molar-refractivity contribution in [1.82, 2.24) is 4.90 Å². The molecule has 1 saturated heterocycles. The number of benzene rings is 2. The molecule has 1 aliphatic rings. The van der Waals surface area contributed by atoms with Crippen LogP contribution in [0.1, 0.15) is 15.9 Å². The topological polar surface area (TPSA) is 29.5 Å². The van der Waals surface area contributed by atoms with Crippen LogP contribution in [0.4, 0.5) is 13.2 Å². The zero-order valence-corrected chi connectivity index (χ0v) is 13.7. The molecule has 1 amide bonds. The van der Waals surface area contributed by atoms with E-state index in [1.807, 2.05) is 43.3 Å². The lowest BCUT2D eigenvalue weighted by Crippen LogP contribution is -2.55. The summed E-state index contributed by atoms with van der Waals surface area (Å²) in [7, 11) is 0. The molecule has 25 heavy (non-hydrogen) atoms. The van der Waals surface area contributed by atoms with Crippen molar-refractivity contribution >= 4 is 5.91 Å². The fraction of sp³-hybridized carbons (Fsp3) is 0.316. The number of halogens is 3. The molecule has 0 bridgehead atoms. The molecule has 0 saturated carbocycles. The van der Waals surface area contributed by atoms with Crippen molar-refractivity contribution in [3.8, 4) is 11.1 Å². The molecule has 0 unspecified atom stereocenters. The molecule has 0 spiro atoms. The predicted molar refractivity (Wildman–Crippen MR) is 88.3 cm³/mol. The molecule has 2 aromatic rings. The second-order valence-electron chi connectivity index (χ2n) is 6.20. The fourth-order valence-electron chi connectivity index (χ4n) is 2.66. The largest absolute Gasteiger partial charge is 0.411 e. The molecule has 0 aromatic heterocycles. The Balaban J connectivity index is 1.56. The van der Waals surface area contributed by atoms with Gasteiger partial charge in [0.1, 0.15) is 6.61 Å². The van der Waals surface area contributed by atoms with Crippen molar-refractivity contribution in [3.05, 3.63) is 59.7 Å². The number of hydrogen-bond acceptors (Lipinski definition) is 2. The van der Waals surface area contributed by atoms with E-state index >= 15 is 0 Å². The van der Waals surface area contributed by atoms with Gasteiger partial charge in [0.2, 0.25) is 0 Å². The molecular weight excluding hydrogens is 331 g/mol. The van der Waals surface area contributed by atoms with Gasteiger partial charge < -0.3 is 9.64 Å². The molecule has 0 radical (unpaired) electrons. The first-order valence-electron chi connectivity index (χ1n) is 7.96. The summed E-state index contributed by atoms with van der Waals surface area (Å²) >= 11 is 0. The van der Waals surface area contributed by atoms with Crippen LogP contribution in [0, 0.1) is 6.92 Å². The number of hydrogen-bond donors (Lipinski definition) is 0. The summed E-state index contributed by atoms with van der Waals surface area (Å²) in [4.78, 5) is 13.8. The molecule has 1 fully saturated rings. The normalized spacial score (nSPS) is 15.1. The van der Waals surface area contributed by atoms with E-state index in [1.54, 1.807) is 12.1 Å². The first-order chi connectivity index (χ1) is 11.8. The maximum Gasteiger partial charge on any atom is 0.411 e. The van der Waals surface area contributed by atoms with Crippen LogP contribution in [0.25, 0.3) is 11.1 Å². The van der Waals surface area contributed by atoms with Gasteiger partial charge in [-0.15, -0.1) is 0 Å². The van der Waals surface area contributed by atoms with Gasteiger partial charge in [-0.05, 0) is 30.2 Å². The van der Waals surface area contributed by atoms with E-state index in [0.29, 0.717) is 5.56 Å². The summed E-state index contributed by atoms with van der Waals surface area (Å²) in [6, 6.07) is 15.3. The zero-order chi connectivity index (χ0) is 18.0. The monoisotopic (exact) mass is 349 g/mol. The molecule has 1 heterocycles. The number of amides is 1. The van der Waals surface area contributed by atoms with Gasteiger partial charge in [0, 0.05) is 18.7 Å². The number of carbonyl (C=O) groups is 1. The molecule has 3 rings (SSSR count). The van der Waals surface area contributed by atoms with Crippen molar-refractivity contribution in [2.75, 3.05) is 19.7 Å². The summed E-state index contributed by atoms with van der Waals surface area (Å²) in [6.07, 6.45) is -4.88. The lowest BCUT2D eigenvalue weighted by atomic mass is 10.0. The van der Waals surface area contributed by atoms with E-state index in [9.17, 15) is 18.0 Å². The van der Waals surface area contributed by atoms with Crippen LogP contribution in [0.2, 0.25) is 0 Å². The maximum absolute atomic E-state index is 12.3. The third-order valence-corrected chi connectivity index (χ3v) is 4.13. The molecule has 2 aromatic carbocycles. The average molecular weight is 349 g/mol. The van der Waals surface area contributed by atoms with E-state index in [4.69, 9.17) is 4.74 Å². The van der Waals surface area contributed by atoms with Crippen molar-refractivity contribution in [1.29, 1.82) is 0 Å². The van der Waals surface area contributed by atoms with Crippen molar-refractivity contribution in [2.24, 2.45) is 0 Å². The van der Waals surface area contributed by atoms with Crippen LogP contribution in [0.5, 0.6) is 0 Å². The Kier molecular flexibility index (Phi) is 4.81. The smallest absolute Gasteiger partial charge is 0.365 e. The van der Waals surface area contributed by atoms with Crippen molar-refractivity contribution in [3.63, 3.8) is 0 Å². The lowest BCUT2D eigenvalue weighted by Gasteiger charge is -2.39. The second kappa shape index (κ2) is 6.88. The Hall–Kier alpha value is -2.34. The standard InChI is InChI=1S/C19H18F3NO2/c1-13-2-4-14(5-3-13)15-6-8-16(9-7-15)18(24)23-10-17(11-23)25-12-19(20,21)22/h2-9,17H,10-12H2,1H3. The van der Waals surface area contributed by atoms with E-state index < -0.39 is 18.9 Å². The van der Waals surface area contributed by atoms with Crippen molar-refractivity contribution < 1.29 is 22.7 Å². The second-order valence-corrected chi connectivity index (χ2v) is 6.20. The van der Waals surface area contributed by atoms with Gasteiger partial charge in [-0.2, -0.15) is 13.2 Å². The highest BCUT2D eigenvalue weighted by Crippen LogP contribution is 2.23. The number of alkyl halides is 3. The van der Waals surface area contributed by atoms with Gasteiger partial charge in [-0.25, -0.2) is 0 Å². The van der Waals surface area contributed by atoms with Gasteiger partial charge >= 0.3 is 6.18 Å². The van der Waals surface area contributed by atoms with Gasteiger partial charge in [0.05, 0.1) is 6.10 Å². The Morgan fingerprint density at radius 1 is 1.04 bits per heavy atom. The quantitative estimate of drug-likeness (QED) is 0.833. The van der Waals surface area contributed by atoms with Crippen LogP contribution < -0.4 is 0 Å². The van der Waals surface area contributed by atoms with E-state index in [2.05, 4.69) is 0 Å². The summed E-state index contributed by atoms with van der Waals surface area (Å²) in [5.74, 6) is -0.192. The zero-order valence-electron chi connectivity index (χ0n) is 13.7. The Morgan fingerprint density at radius 3 is 2.08 bits per heavy atom. The van der Waals surface area contributed by atoms with Gasteiger partial charge in [0.15, 0.2) is 0 Å². The molecule has 132 valence electrons. The number of ether oxygens (including phenoxy) is 1. The van der Waals surface area contributed by atoms with E-state index in [0.717, 1.165) is 11.1 Å². The van der Waals surface area contributed by atoms with Crippen molar-refractivity contribution in [2.45, 2.75) is 19.2 Å². The highest BCUT2D eigenvalue weighted by molar-refractivity contribution is 5.95. The highest BCUT2D eigenvalue weighted by atomic mass is 19.4. The van der Waals surface area contributed by atoms with E-state index in [-0.39, 0.29) is 19.0 Å². The molecule has 0 atom stereocenters. The van der Waals surface area contributed by atoms with Crippen LogP contribution in [-0.4, -0.2) is 42.8 Å². The minimum atomic E-state index is -4.34. The molecule has 3 nitrogen and oxygen atoms in total. The number of carbonyl (C=O) groups excluding carboxylic acids is 1. The van der Waals surface area contributed by atoms with Crippen LogP contribution in [-0.2, 0) is 4.74 Å². The van der Waals surface area contributed by atoms with Gasteiger partial charge in [-0.1, -0.05) is 42.0 Å². The minimum absolute atomic E-state index is 0.189. The van der Waals surface area contributed by atoms with Crippen LogP contribution in [0.15, 0.2) is 48.5 Å². The molecule has 0 aliphatic carbocycles. The number of aryl methyl sites for hydroxylation is 1. The highest BCUT2D eigenvalue weighted by Gasteiger charge is 2.36. The first kappa shape index (κ1) is 17.5. The maximum atomic E-state index is 12.3. The summed E-state index contributed by atoms with van der Waals surface area (Å²) in [6.45, 7) is 1.12. The average Bonchev–Trinajstić information content (AvgIpc) is 2.53. The van der Waals surface area contributed by atoms with Crippen LogP contribution in [0.3, 0.4) is 0 Å². The molecule has 1 aliphatic heterocycles. The SMILES string of the molecule is Cc1ccc(-c2ccc(C(=O)N3CC(OCC(F)(F)F)C3)cc2)cc1. The Morgan fingerprint density at radius 2 is 1.56 bits per heavy atom. The predicted octanol–water partition coefficient (Wildman–Crippen LogP) is 4.07. The fourth-order valence-corrected chi connectivity index (χ4v) is 2.66. The van der Waals surface area contributed by atoms with Gasteiger partial charge in [-0.3, -0.25) is 4.79 Å². The summed E-state index contributed by atoms with van der Waals surface area (Å²) in [5, 5.41) is 0. The molecule has 6 heteroatoms. The summed E-state index contributed by atoms with van der Waals surface area (Å²) in [5.41, 5.74) is 3.77. The van der Waals surface area contributed by atoms with Crippen LogP contribution >= 0.6 is 0 Å². The molecule has 0 N–H and O–H groups in total. The number of likely N-dealkylation sites (tertiary alicyclic amines) is 1. The Bertz CT molecular complexity index is 733. The summed E-state index contributed by atoms with van der Waals surface area (Å²) < 4.78 is 41.0. The van der Waals surface area contributed by atoms with Gasteiger partial charge in [0.25, 0.3) is 5.91 Å². The first-order valence-corrected chi connectivity index (χ1v) is 7.96. The Labute approximate surface area is 144 Å². The third-order valence-electron chi connectivity index (χ3n) is 4.13. The number of nitrogens with zero attached hydrogens (tertiary/aromatic N) is 1. The molecular formula is C19H18F3NO2. The minimum Gasteiger partial charge on any atom is -0.365 e. The van der Waals surface area contributed by atoms with E-state index in [1.165, 1.54) is 10.5 Å². The number of rotatable bonds is 4. The third kappa shape index (κ3) is 4.39.